The molecule has 0 saturated carbocycles. The van der Waals surface area contributed by atoms with Crippen molar-refractivity contribution in [1.82, 2.24) is 14.5 Å². The van der Waals surface area contributed by atoms with Crippen molar-refractivity contribution in [1.29, 1.82) is 0 Å². The van der Waals surface area contributed by atoms with Crippen molar-refractivity contribution in [3.8, 4) is 67.5 Å². The molecule has 264 valence electrons. The molecule has 0 atom stereocenters. The predicted molar refractivity (Wildman–Crippen MR) is 215 cm³/mol. The van der Waals surface area contributed by atoms with Gasteiger partial charge in [0, 0.05) is 46.9 Å². The summed E-state index contributed by atoms with van der Waals surface area (Å²) in [5, 5.41) is 11.2. The molecule has 0 aliphatic rings. The third kappa shape index (κ3) is 7.12. The summed E-state index contributed by atoms with van der Waals surface area (Å²) in [5.74, 6) is 0.492. The summed E-state index contributed by atoms with van der Waals surface area (Å²) in [7, 11) is 0. The molecule has 0 spiro atoms. The first-order chi connectivity index (χ1) is 27.5. The molecule has 53 heavy (non-hydrogen) atoms. The van der Waals surface area contributed by atoms with E-state index in [2.05, 4.69) is 39.0 Å². The molecule has 6 aromatic carbocycles. The third-order valence-electron chi connectivity index (χ3n) is 9.39. The SMILES string of the molecule is [2H]C([2H])([2H])c1ccc(-c2ccnc(-c3[c-]c(-c4cccc5c4nc(-c4ccccc4O)n5-c4cc(-c5ccccc5)cc(C([2H])([2H])[2H])c4)cc(C(C)(C)C)c3)c2)cc1.[Pt]. The summed E-state index contributed by atoms with van der Waals surface area (Å²) in [6.45, 7) is 1.89. The number of fused-ring (bicyclic) bond motifs is 1. The maximum atomic E-state index is 11.2. The van der Waals surface area contributed by atoms with Crippen molar-refractivity contribution >= 4 is 11.0 Å². The Bertz CT molecular complexity index is 2810. The third-order valence-corrected chi connectivity index (χ3v) is 9.39. The van der Waals surface area contributed by atoms with Gasteiger partial charge in [0.15, 0.2) is 0 Å². The van der Waals surface area contributed by atoms with Crippen LogP contribution in [0.3, 0.4) is 0 Å². The van der Waals surface area contributed by atoms with Gasteiger partial charge in [-0.15, -0.1) is 29.3 Å². The number of benzene rings is 6. The van der Waals surface area contributed by atoms with E-state index in [-0.39, 0.29) is 43.4 Å². The number of phenolic OH excluding ortho intramolecular Hbond substituents is 1. The molecule has 0 aliphatic carbocycles. The number of imidazole rings is 1. The summed E-state index contributed by atoms with van der Waals surface area (Å²) in [5.41, 5.74) is 10.1. The van der Waals surface area contributed by atoms with Crippen LogP contribution in [0, 0.1) is 19.8 Å². The minimum atomic E-state index is -2.39. The Hall–Kier alpha value is -5.57. The zero-order valence-corrected chi connectivity index (χ0v) is 31.7. The van der Waals surface area contributed by atoms with Crippen LogP contribution in [-0.4, -0.2) is 19.6 Å². The number of para-hydroxylation sites is 2. The van der Waals surface area contributed by atoms with Crippen LogP contribution in [0.4, 0.5) is 0 Å². The van der Waals surface area contributed by atoms with E-state index in [0.29, 0.717) is 33.8 Å². The van der Waals surface area contributed by atoms with Crippen LogP contribution in [0.1, 0.15) is 45.7 Å². The molecule has 0 fully saturated rings. The van der Waals surface area contributed by atoms with Gasteiger partial charge in [-0.05, 0) is 83.3 Å². The second kappa shape index (κ2) is 14.5. The molecule has 5 heteroatoms. The number of hydrogen-bond donors (Lipinski definition) is 1. The van der Waals surface area contributed by atoms with Crippen LogP contribution >= 0.6 is 0 Å². The Kier molecular flexibility index (Phi) is 7.89. The van der Waals surface area contributed by atoms with E-state index in [1.807, 2.05) is 89.5 Å². The molecule has 0 radical (unpaired) electrons. The molecule has 4 nitrogen and oxygen atoms in total. The molecule has 8 aromatic rings. The van der Waals surface area contributed by atoms with Gasteiger partial charge in [0.2, 0.25) is 0 Å². The van der Waals surface area contributed by atoms with Crippen molar-refractivity contribution < 1.29 is 34.4 Å². The number of aryl methyl sites for hydroxylation is 2. The van der Waals surface area contributed by atoms with E-state index in [1.165, 1.54) is 0 Å². The van der Waals surface area contributed by atoms with E-state index in [4.69, 9.17) is 18.2 Å². The van der Waals surface area contributed by atoms with Crippen molar-refractivity contribution in [2.45, 2.75) is 39.9 Å². The van der Waals surface area contributed by atoms with Crippen molar-refractivity contribution in [3.05, 3.63) is 168 Å². The van der Waals surface area contributed by atoms with Gasteiger partial charge in [-0.2, -0.15) is 0 Å². The monoisotopic (exact) mass is 875 g/mol. The fourth-order valence-corrected chi connectivity index (χ4v) is 6.66. The zero-order valence-electron chi connectivity index (χ0n) is 35.5. The second-order valence-corrected chi connectivity index (χ2v) is 14.0. The van der Waals surface area contributed by atoms with Crippen LogP contribution in [0.2, 0.25) is 0 Å². The molecule has 2 heterocycles. The second-order valence-electron chi connectivity index (χ2n) is 14.0. The molecule has 0 aliphatic heterocycles. The van der Waals surface area contributed by atoms with E-state index in [0.717, 1.165) is 44.5 Å². The van der Waals surface area contributed by atoms with Gasteiger partial charge in [-0.25, -0.2) is 4.98 Å². The first kappa shape index (κ1) is 28.9. The fraction of sp³-hybridized carbons (Fsp3) is 0.125. The molecular weight excluding hydrogens is 830 g/mol. The predicted octanol–water partition coefficient (Wildman–Crippen LogP) is 12.2. The largest absolute Gasteiger partial charge is 0.507 e. The first-order valence-electron chi connectivity index (χ1n) is 20.2. The summed E-state index contributed by atoms with van der Waals surface area (Å²) in [4.78, 5) is 10.0. The van der Waals surface area contributed by atoms with Gasteiger partial charge in [-0.3, -0.25) is 9.55 Å². The van der Waals surface area contributed by atoms with Crippen LogP contribution in [0.15, 0.2) is 146 Å². The molecule has 0 unspecified atom stereocenters. The molecular formula is C48H40N3OPt-. The quantitative estimate of drug-likeness (QED) is 0.169. The molecule has 1 N–H and O–H groups in total. The van der Waals surface area contributed by atoms with Gasteiger partial charge in [0.05, 0.1) is 16.6 Å². The molecule has 2 aromatic heterocycles. The standard InChI is InChI=1S/C48H40N3O.Pt/c1-31-18-20-34(21-19-31)35-22-23-49-43(30-35)38-26-37(27-39(28-38)48(3,4)5)41-15-11-16-44-46(41)50-47(42-14-9-10-17-45(42)52)51(44)40-25-32(2)24-36(29-40)33-12-7-6-8-13-33;/h6-25,27-30,52H,1-5H3;/q-1;/i1D3,2D3;. The number of phenols is 1. The normalized spacial score (nSPS) is 13.6. The molecule has 0 bridgehead atoms. The maximum Gasteiger partial charge on any atom is 0.148 e. The summed E-state index contributed by atoms with van der Waals surface area (Å²) < 4.78 is 50.5. The molecule has 0 amide bonds. The van der Waals surface area contributed by atoms with E-state index in [1.54, 1.807) is 48.7 Å². The topological polar surface area (TPSA) is 50.9 Å². The summed E-state index contributed by atoms with van der Waals surface area (Å²) >= 11 is 0. The average Bonchev–Trinajstić information content (AvgIpc) is 3.60. The smallest absolute Gasteiger partial charge is 0.148 e. The van der Waals surface area contributed by atoms with Crippen LogP contribution < -0.4 is 0 Å². The van der Waals surface area contributed by atoms with Crippen LogP contribution in [-0.2, 0) is 26.5 Å². The van der Waals surface area contributed by atoms with Crippen LogP contribution in [0.25, 0.3) is 72.7 Å². The number of pyridine rings is 1. The number of aromatic nitrogens is 3. The molecule has 0 saturated heterocycles. The number of nitrogens with zero attached hydrogens (tertiary/aromatic N) is 3. The first-order valence-corrected chi connectivity index (χ1v) is 17.2. The Labute approximate surface area is 334 Å². The maximum absolute atomic E-state index is 11.2. The van der Waals surface area contributed by atoms with Crippen molar-refractivity contribution in [3.63, 3.8) is 0 Å². The Morgan fingerprint density at radius 3 is 2.11 bits per heavy atom. The fourth-order valence-electron chi connectivity index (χ4n) is 6.66. The molecule has 8 rings (SSSR count). The van der Waals surface area contributed by atoms with E-state index >= 15 is 0 Å². The zero-order chi connectivity index (χ0) is 41.0. The average molecular weight is 876 g/mol. The summed E-state index contributed by atoms with van der Waals surface area (Å²) in [6, 6.07) is 46.6. The Balaban J connectivity index is 0.00000528. The Morgan fingerprint density at radius 1 is 0.642 bits per heavy atom. The van der Waals surface area contributed by atoms with Crippen molar-refractivity contribution in [2.75, 3.05) is 0 Å². The minimum absolute atomic E-state index is 0. The van der Waals surface area contributed by atoms with Gasteiger partial charge < -0.3 is 5.11 Å². The number of rotatable bonds is 6. The van der Waals surface area contributed by atoms with Gasteiger partial charge in [0.1, 0.15) is 11.6 Å². The van der Waals surface area contributed by atoms with E-state index < -0.39 is 13.7 Å². The van der Waals surface area contributed by atoms with Gasteiger partial charge >= 0.3 is 0 Å². The van der Waals surface area contributed by atoms with Gasteiger partial charge in [-0.1, -0.05) is 128 Å². The minimum Gasteiger partial charge on any atom is -0.507 e. The summed E-state index contributed by atoms with van der Waals surface area (Å²) in [6.07, 6.45) is 1.75. The number of aromatic hydroxyl groups is 1. The van der Waals surface area contributed by atoms with E-state index in [9.17, 15) is 5.11 Å². The van der Waals surface area contributed by atoms with Gasteiger partial charge in [0.25, 0.3) is 0 Å². The van der Waals surface area contributed by atoms with Crippen molar-refractivity contribution in [2.24, 2.45) is 0 Å². The van der Waals surface area contributed by atoms with Crippen LogP contribution in [0.5, 0.6) is 5.75 Å². The number of hydrogen-bond acceptors (Lipinski definition) is 3. The Morgan fingerprint density at radius 2 is 1.36 bits per heavy atom.